The van der Waals surface area contributed by atoms with Crippen molar-refractivity contribution in [1.29, 1.82) is 0 Å². The van der Waals surface area contributed by atoms with Gasteiger partial charge in [-0.05, 0) is 60.0 Å². The average Bonchev–Trinajstić information content (AvgIpc) is 2.79. The molecule has 0 atom stereocenters. The molecule has 3 aromatic rings. The van der Waals surface area contributed by atoms with E-state index in [9.17, 15) is 4.79 Å². The highest BCUT2D eigenvalue weighted by Crippen LogP contribution is 2.31. The molecule has 0 saturated heterocycles. The number of methoxy groups -OCH3 is 2. The van der Waals surface area contributed by atoms with Crippen molar-refractivity contribution in [2.45, 2.75) is 13.5 Å². The van der Waals surface area contributed by atoms with Crippen molar-refractivity contribution in [3.8, 4) is 17.2 Å². The predicted octanol–water partition coefficient (Wildman–Crippen LogP) is 6.55. The summed E-state index contributed by atoms with van der Waals surface area (Å²) in [5.41, 5.74) is 3.17. The van der Waals surface area contributed by atoms with Crippen LogP contribution >= 0.6 is 23.2 Å². The maximum absolute atomic E-state index is 12.4. The molecule has 0 aromatic heterocycles. The summed E-state index contributed by atoms with van der Waals surface area (Å²) in [6, 6.07) is 16.3. The molecule has 32 heavy (non-hydrogen) atoms. The van der Waals surface area contributed by atoms with E-state index in [1.807, 2.05) is 37.3 Å². The van der Waals surface area contributed by atoms with Crippen LogP contribution in [0.4, 0.5) is 5.69 Å². The summed E-state index contributed by atoms with van der Waals surface area (Å²) in [5.74, 6) is 1.36. The number of rotatable bonds is 8. The third-order valence-electron chi connectivity index (χ3n) is 4.66. The summed E-state index contributed by atoms with van der Waals surface area (Å²) in [5, 5.41) is 4.05. The highest BCUT2D eigenvalue weighted by atomic mass is 35.5. The fourth-order valence-corrected chi connectivity index (χ4v) is 3.20. The average molecular weight is 472 g/mol. The summed E-state index contributed by atoms with van der Waals surface area (Å²) in [4.78, 5) is 12.4. The monoisotopic (exact) mass is 471 g/mol. The number of carbonyl (C=O) groups is 1. The molecular formula is C25H23Cl2NO4. The third kappa shape index (κ3) is 6.19. The molecule has 3 rings (SSSR count). The van der Waals surface area contributed by atoms with Crippen LogP contribution in [0.15, 0.2) is 60.7 Å². The van der Waals surface area contributed by atoms with Crippen molar-refractivity contribution < 1.29 is 19.0 Å². The lowest BCUT2D eigenvalue weighted by Crippen LogP contribution is -2.09. The minimum absolute atomic E-state index is 0.299. The standard InChI is InChI=1S/C25H23Cl2NO4/c1-16-12-21(23(30-2)14-20(16)27)28-25(29)11-7-17-6-10-22(24(13-17)31-3)32-15-18-4-8-19(26)9-5-18/h4-14H,15H2,1-3H3,(H,28,29)/b11-7+. The van der Waals surface area contributed by atoms with Gasteiger partial charge in [-0.25, -0.2) is 0 Å². The second-order valence-electron chi connectivity index (χ2n) is 6.95. The number of hydrogen-bond acceptors (Lipinski definition) is 4. The van der Waals surface area contributed by atoms with Crippen molar-refractivity contribution in [2.24, 2.45) is 0 Å². The molecule has 0 unspecified atom stereocenters. The van der Waals surface area contributed by atoms with E-state index in [0.29, 0.717) is 39.6 Å². The molecule has 7 heteroatoms. The van der Waals surface area contributed by atoms with Gasteiger partial charge in [0.25, 0.3) is 0 Å². The maximum Gasteiger partial charge on any atom is 0.248 e. The highest BCUT2D eigenvalue weighted by Gasteiger charge is 2.10. The Morgan fingerprint density at radius 1 is 0.938 bits per heavy atom. The second-order valence-corrected chi connectivity index (χ2v) is 7.79. The molecule has 0 radical (unpaired) electrons. The number of nitrogens with one attached hydrogen (secondary N) is 1. The summed E-state index contributed by atoms with van der Waals surface area (Å²) >= 11 is 12.0. The zero-order valence-corrected chi connectivity index (χ0v) is 19.5. The first-order chi connectivity index (χ1) is 15.4. The summed E-state index contributed by atoms with van der Waals surface area (Å²) < 4.78 is 16.6. The Kier molecular flexibility index (Phi) is 8.03. The van der Waals surface area contributed by atoms with E-state index in [4.69, 9.17) is 37.4 Å². The molecule has 0 saturated carbocycles. The van der Waals surface area contributed by atoms with Gasteiger partial charge >= 0.3 is 0 Å². The molecule has 0 spiro atoms. The highest BCUT2D eigenvalue weighted by molar-refractivity contribution is 6.31. The first-order valence-electron chi connectivity index (χ1n) is 9.78. The Balaban J connectivity index is 1.67. The Morgan fingerprint density at radius 3 is 2.34 bits per heavy atom. The van der Waals surface area contributed by atoms with Crippen molar-refractivity contribution in [3.63, 3.8) is 0 Å². The van der Waals surface area contributed by atoms with Crippen molar-refractivity contribution >= 4 is 40.9 Å². The number of hydrogen-bond donors (Lipinski definition) is 1. The lowest BCUT2D eigenvalue weighted by atomic mass is 10.1. The first kappa shape index (κ1) is 23.5. The van der Waals surface area contributed by atoms with E-state index < -0.39 is 0 Å². The van der Waals surface area contributed by atoms with Crippen LogP contribution in [0.25, 0.3) is 6.08 Å². The smallest absolute Gasteiger partial charge is 0.248 e. The number of amides is 1. The van der Waals surface area contributed by atoms with Crippen LogP contribution in [-0.2, 0) is 11.4 Å². The molecule has 0 heterocycles. The minimum atomic E-state index is -0.299. The number of carbonyl (C=O) groups excluding carboxylic acids is 1. The molecule has 1 N–H and O–H groups in total. The Labute approximate surface area is 197 Å². The lowest BCUT2D eigenvalue weighted by Gasteiger charge is -2.12. The quantitative estimate of drug-likeness (QED) is 0.378. The number of ether oxygens (including phenoxy) is 3. The first-order valence-corrected chi connectivity index (χ1v) is 10.5. The molecule has 0 fully saturated rings. The van der Waals surface area contributed by atoms with Gasteiger partial charge in [-0.2, -0.15) is 0 Å². The third-order valence-corrected chi connectivity index (χ3v) is 5.32. The van der Waals surface area contributed by atoms with Crippen LogP contribution in [-0.4, -0.2) is 20.1 Å². The van der Waals surface area contributed by atoms with Crippen LogP contribution < -0.4 is 19.5 Å². The molecule has 1 amide bonds. The number of aryl methyl sites for hydroxylation is 1. The lowest BCUT2D eigenvalue weighted by molar-refractivity contribution is -0.111. The van der Waals surface area contributed by atoms with Gasteiger partial charge in [0.1, 0.15) is 12.4 Å². The largest absolute Gasteiger partial charge is 0.495 e. The predicted molar refractivity (Wildman–Crippen MR) is 129 cm³/mol. The molecule has 3 aromatic carbocycles. The maximum atomic E-state index is 12.4. The van der Waals surface area contributed by atoms with Crippen LogP contribution in [0, 0.1) is 6.92 Å². The van der Waals surface area contributed by atoms with E-state index in [1.165, 1.54) is 13.2 Å². The second kappa shape index (κ2) is 10.9. The van der Waals surface area contributed by atoms with E-state index in [1.54, 1.807) is 37.5 Å². The number of benzene rings is 3. The van der Waals surface area contributed by atoms with Crippen molar-refractivity contribution in [3.05, 3.63) is 87.4 Å². The minimum Gasteiger partial charge on any atom is -0.495 e. The van der Waals surface area contributed by atoms with Crippen molar-refractivity contribution in [1.82, 2.24) is 0 Å². The van der Waals surface area contributed by atoms with Crippen LogP contribution in [0.3, 0.4) is 0 Å². The number of halogens is 2. The Bertz CT molecular complexity index is 1130. The van der Waals surface area contributed by atoms with E-state index in [2.05, 4.69) is 5.32 Å². The number of anilines is 1. The zero-order chi connectivity index (χ0) is 23.1. The molecule has 0 aliphatic heterocycles. The zero-order valence-electron chi connectivity index (χ0n) is 17.9. The summed E-state index contributed by atoms with van der Waals surface area (Å²) in [6.45, 7) is 2.24. The molecule has 5 nitrogen and oxygen atoms in total. The van der Waals surface area contributed by atoms with Crippen LogP contribution in [0.2, 0.25) is 10.0 Å². The van der Waals surface area contributed by atoms with Gasteiger partial charge in [0, 0.05) is 22.2 Å². The summed E-state index contributed by atoms with van der Waals surface area (Å²) in [7, 11) is 3.09. The van der Waals surface area contributed by atoms with Gasteiger partial charge in [0.2, 0.25) is 5.91 Å². The van der Waals surface area contributed by atoms with E-state index in [-0.39, 0.29) is 5.91 Å². The molecule has 0 bridgehead atoms. The van der Waals surface area contributed by atoms with Crippen LogP contribution in [0.5, 0.6) is 17.2 Å². The fourth-order valence-electron chi connectivity index (χ4n) is 2.92. The fraction of sp³-hybridized carbons (Fsp3) is 0.160. The molecular weight excluding hydrogens is 449 g/mol. The topological polar surface area (TPSA) is 56.8 Å². The van der Waals surface area contributed by atoms with Gasteiger partial charge in [-0.1, -0.05) is 41.4 Å². The molecule has 0 aliphatic carbocycles. The molecule has 0 aliphatic rings. The van der Waals surface area contributed by atoms with E-state index >= 15 is 0 Å². The van der Waals surface area contributed by atoms with Gasteiger partial charge in [-0.15, -0.1) is 0 Å². The van der Waals surface area contributed by atoms with Gasteiger partial charge in [-0.3, -0.25) is 4.79 Å². The SMILES string of the molecule is COc1cc(Cl)c(C)cc1NC(=O)/C=C/c1ccc(OCc2ccc(Cl)cc2)c(OC)c1. The van der Waals surface area contributed by atoms with Crippen LogP contribution in [0.1, 0.15) is 16.7 Å². The van der Waals surface area contributed by atoms with Crippen molar-refractivity contribution in [2.75, 3.05) is 19.5 Å². The molecule has 166 valence electrons. The Morgan fingerprint density at radius 2 is 1.66 bits per heavy atom. The van der Waals surface area contributed by atoms with E-state index in [0.717, 1.165) is 16.7 Å². The Hall–Kier alpha value is -3.15. The van der Waals surface area contributed by atoms with Gasteiger partial charge in [0.05, 0.1) is 19.9 Å². The normalized spacial score (nSPS) is 10.8. The van der Waals surface area contributed by atoms with Gasteiger partial charge < -0.3 is 19.5 Å². The summed E-state index contributed by atoms with van der Waals surface area (Å²) in [6.07, 6.45) is 3.13. The van der Waals surface area contributed by atoms with Gasteiger partial charge in [0.15, 0.2) is 11.5 Å².